The van der Waals surface area contributed by atoms with E-state index >= 15 is 0 Å². The van der Waals surface area contributed by atoms with Gasteiger partial charge in [0.05, 0.1) is 40.5 Å². The number of thiol groups is 1. The quantitative estimate of drug-likeness (QED) is 0.0836. The van der Waals surface area contributed by atoms with E-state index in [0.717, 1.165) is 87.9 Å². The number of hydrogen-bond donors (Lipinski definition) is 6. The minimum atomic E-state index is -0.529. The second-order valence-electron chi connectivity index (χ2n) is 17.5. The highest BCUT2D eigenvalue weighted by Crippen LogP contribution is 2.39. The van der Waals surface area contributed by atoms with Crippen molar-refractivity contribution in [2.45, 2.75) is 52.2 Å². The lowest BCUT2D eigenvalue weighted by Crippen LogP contribution is -2.48. The van der Waals surface area contributed by atoms with Gasteiger partial charge in [-0.2, -0.15) is 5.10 Å². The first kappa shape index (κ1) is 43.8. The lowest BCUT2D eigenvalue weighted by Gasteiger charge is -2.39. The number of benzene rings is 4. The van der Waals surface area contributed by atoms with Gasteiger partial charge in [0.2, 0.25) is 5.96 Å². The van der Waals surface area contributed by atoms with Crippen molar-refractivity contribution in [3.8, 4) is 34.3 Å². The van der Waals surface area contributed by atoms with E-state index in [1.54, 1.807) is 34.6 Å². The average molecular weight is 900 g/mol. The number of aliphatic imine (C=N–C) groups is 1. The van der Waals surface area contributed by atoms with Crippen molar-refractivity contribution in [2.24, 2.45) is 10.9 Å². The second kappa shape index (κ2) is 18.6. The number of fused-ring (bicyclic) bond motifs is 2. The number of aromatic amines is 1. The first-order valence-electron chi connectivity index (χ1n) is 22.4. The van der Waals surface area contributed by atoms with Crippen LogP contribution >= 0.6 is 12.8 Å². The number of aromatic nitrogens is 3. The number of rotatable bonds is 11. The number of likely N-dealkylation sites (N-methyl/N-ethyl adjacent to an activating group) is 1. The van der Waals surface area contributed by atoms with Crippen molar-refractivity contribution in [2.75, 3.05) is 74.0 Å². The highest BCUT2D eigenvalue weighted by molar-refractivity contribution is 7.81. The Bertz CT molecular complexity index is 2660. The molecular formula is C48H57N11O5S. The zero-order chi connectivity index (χ0) is 45.4. The molecule has 9 rings (SSSR count). The van der Waals surface area contributed by atoms with E-state index in [1.165, 1.54) is 10.6 Å². The molecule has 1 atom stereocenters. The van der Waals surface area contributed by atoms with Gasteiger partial charge in [0.15, 0.2) is 12.0 Å². The van der Waals surface area contributed by atoms with Crippen LogP contribution in [0.3, 0.4) is 0 Å². The molecule has 2 saturated heterocycles. The summed E-state index contributed by atoms with van der Waals surface area (Å²) in [5.41, 5.74) is 6.32. The predicted octanol–water partition coefficient (Wildman–Crippen LogP) is 6.17. The number of amides is 1. The molecule has 0 spiro atoms. The Morgan fingerprint density at radius 1 is 0.877 bits per heavy atom. The van der Waals surface area contributed by atoms with E-state index in [9.17, 15) is 19.8 Å². The Balaban J connectivity index is 0.764. The maximum Gasteiger partial charge on any atom is 0.348 e. The maximum atomic E-state index is 13.2. The maximum absolute atomic E-state index is 13.2. The molecule has 5 aromatic rings. The molecule has 4 aliphatic heterocycles. The molecule has 1 amide bonds. The molecule has 4 aromatic carbocycles. The Kier molecular flexibility index (Phi) is 12.5. The van der Waals surface area contributed by atoms with Crippen LogP contribution in [-0.4, -0.2) is 117 Å². The van der Waals surface area contributed by atoms with Gasteiger partial charge >= 0.3 is 5.69 Å². The normalized spacial score (nSPS) is 18.5. The number of guanidine groups is 1. The van der Waals surface area contributed by atoms with Crippen molar-refractivity contribution in [1.82, 2.24) is 34.8 Å². The number of para-hydroxylation sites is 1. The van der Waals surface area contributed by atoms with Crippen LogP contribution in [0.2, 0.25) is 0 Å². The summed E-state index contributed by atoms with van der Waals surface area (Å²) < 4.78 is 9.34. The number of ether oxygens (including phenoxy) is 1. The lowest BCUT2D eigenvalue weighted by molar-refractivity contribution is 0.0833. The molecule has 5 heterocycles. The number of nitrogens with one attached hydrogen (secondary N) is 3. The van der Waals surface area contributed by atoms with Crippen LogP contribution in [-0.2, 0) is 6.54 Å². The molecule has 17 heteroatoms. The molecule has 65 heavy (non-hydrogen) atoms. The van der Waals surface area contributed by atoms with Gasteiger partial charge in [0.1, 0.15) is 17.2 Å². The third-order valence-corrected chi connectivity index (χ3v) is 13.4. The molecule has 2 fully saturated rings. The van der Waals surface area contributed by atoms with E-state index < -0.39 is 11.9 Å². The van der Waals surface area contributed by atoms with Crippen LogP contribution in [0.15, 0.2) is 101 Å². The smallest absolute Gasteiger partial charge is 0.348 e. The Morgan fingerprint density at radius 3 is 2.34 bits per heavy atom. The summed E-state index contributed by atoms with van der Waals surface area (Å²) in [5, 5.41) is 34.5. The van der Waals surface area contributed by atoms with Crippen molar-refractivity contribution < 1.29 is 19.7 Å². The van der Waals surface area contributed by atoms with Gasteiger partial charge < -0.3 is 40.3 Å². The van der Waals surface area contributed by atoms with Crippen LogP contribution in [0.25, 0.3) is 17.1 Å². The Morgan fingerprint density at radius 2 is 1.60 bits per heavy atom. The molecule has 0 aliphatic carbocycles. The topological polar surface area (TPSA) is 170 Å². The molecule has 16 nitrogen and oxygen atoms in total. The molecular weight excluding hydrogens is 843 g/mol. The minimum absolute atomic E-state index is 0.00732. The van der Waals surface area contributed by atoms with Crippen LogP contribution in [0.5, 0.6) is 17.2 Å². The Labute approximate surface area is 384 Å². The standard InChI is InChI=1S/C48H57N11O5S/c1-5-64-43-24-34(14-15-38(43)50-47-49-27-40-45(51-47)59(65)39-9-7-6-8-35(39)46(62)54(40)4)57-18-16-32(17-19-57)29-56-22-20-55(21-23-56)28-31-10-12-33(13-11-31)58-44(52-53-48(58)63)37-25-36(30(2)3)41(60)26-42(37)61/h6-15,24-27,30,32,45,60-61,65H,5,16-23,28-29H2,1-4H3,(H,53,63)(H2,49,50,51). The van der Waals surface area contributed by atoms with E-state index in [-0.39, 0.29) is 29.1 Å². The van der Waals surface area contributed by atoms with Crippen molar-refractivity contribution in [3.63, 3.8) is 0 Å². The molecule has 340 valence electrons. The fourth-order valence-corrected chi connectivity index (χ4v) is 9.63. The molecule has 4 aliphatic rings. The summed E-state index contributed by atoms with van der Waals surface area (Å²) in [6, 6.07) is 24.6. The summed E-state index contributed by atoms with van der Waals surface area (Å²) in [4.78, 5) is 40.3. The Hall–Kier alpha value is -6.43. The van der Waals surface area contributed by atoms with Gasteiger partial charge in [-0.25, -0.2) is 19.5 Å². The molecule has 1 unspecified atom stereocenters. The number of anilines is 3. The van der Waals surface area contributed by atoms with Crippen LogP contribution in [0.1, 0.15) is 61.0 Å². The van der Waals surface area contributed by atoms with Crippen LogP contribution < -0.4 is 30.3 Å². The molecule has 5 N–H and O–H groups in total. The largest absolute Gasteiger partial charge is 0.508 e. The summed E-state index contributed by atoms with van der Waals surface area (Å²) >= 11 is 4.80. The van der Waals surface area contributed by atoms with Crippen LogP contribution in [0.4, 0.5) is 17.1 Å². The van der Waals surface area contributed by atoms with Gasteiger partial charge in [0, 0.05) is 83.4 Å². The lowest BCUT2D eigenvalue weighted by atomic mass is 9.95. The summed E-state index contributed by atoms with van der Waals surface area (Å²) in [7, 11) is 1.75. The molecule has 0 bridgehead atoms. The minimum Gasteiger partial charge on any atom is -0.508 e. The number of nitrogens with zero attached hydrogens (tertiary/aromatic N) is 8. The second-order valence-corrected chi connectivity index (χ2v) is 17.9. The average Bonchev–Trinajstić information content (AvgIpc) is 3.67. The van der Waals surface area contributed by atoms with Crippen molar-refractivity contribution >= 4 is 41.7 Å². The monoisotopic (exact) mass is 899 g/mol. The van der Waals surface area contributed by atoms with Gasteiger partial charge in [-0.3, -0.25) is 14.0 Å². The first-order valence-corrected chi connectivity index (χ1v) is 22.8. The molecule has 0 saturated carbocycles. The SMILES string of the molecule is CCOc1cc(N2CCC(CN3CCN(Cc4ccc(-n5c(-c6cc(C(C)C)c(O)cc6O)n[nH]c5=O)cc4)CC3)CC2)ccc1NC1=NC2C(=CN1)N(C)C(=O)c1ccccc1N2S. The number of carbonyl (C=O) groups excluding carboxylic acids is 1. The van der Waals surface area contributed by atoms with Gasteiger partial charge in [-0.1, -0.05) is 50.9 Å². The third-order valence-electron chi connectivity index (χ3n) is 12.9. The fraction of sp³-hybridized carbons (Fsp3) is 0.375. The van der Waals surface area contributed by atoms with Crippen molar-refractivity contribution in [1.29, 1.82) is 0 Å². The number of phenolic OH excluding ortho intramolecular Hbond substituents is 2. The number of piperazine rings is 1. The highest BCUT2D eigenvalue weighted by atomic mass is 32.1. The third kappa shape index (κ3) is 9.00. The molecule has 1 aromatic heterocycles. The van der Waals surface area contributed by atoms with Gasteiger partial charge in [0.25, 0.3) is 5.91 Å². The van der Waals surface area contributed by atoms with E-state index in [0.29, 0.717) is 52.2 Å². The number of carbonyl (C=O) groups is 1. The number of aromatic hydroxyl groups is 2. The van der Waals surface area contributed by atoms with E-state index in [2.05, 4.69) is 47.7 Å². The zero-order valence-corrected chi connectivity index (χ0v) is 38.1. The van der Waals surface area contributed by atoms with Crippen LogP contribution in [0, 0.1) is 5.92 Å². The summed E-state index contributed by atoms with van der Waals surface area (Å²) in [6.07, 6.45) is 3.52. The summed E-state index contributed by atoms with van der Waals surface area (Å²) in [5.74, 6) is 1.95. The van der Waals surface area contributed by atoms with E-state index in [1.807, 2.05) is 69.3 Å². The zero-order valence-electron chi connectivity index (χ0n) is 37.2. The number of phenols is 2. The van der Waals surface area contributed by atoms with E-state index in [4.69, 9.17) is 22.5 Å². The van der Waals surface area contributed by atoms with Gasteiger partial charge in [-0.15, -0.1) is 0 Å². The number of hydrogen-bond acceptors (Lipinski definition) is 14. The number of H-pyrrole nitrogens is 1. The highest BCUT2D eigenvalue weighted by Gasteiger charge is 2.36. The predicted molar refractivity (Wildman–Crippen MR) is 257 cm³/mol. The molecule has 0 radical (unpaired) electrons. The first-order chi connectivity index (χ1) is 31.4. The van der Waals surface area contributed by atoms with Gasteiger partial charge in [-0.05, 0) is 85.2 Å². The fourth-order valence-electron chi connectivity index (χ4n) is 9.29. The number of piperidine rings is 1. The van der Waals surface area contributed by atoms with Crippen molar-refractivity contribution in [3.05, 3.63) is 118 Å². The summed E-state index contributed by atoms with van der Waals surface area (Å²) in [6.45, 7) is 14.3.